The molecule has 0 saturated heterocycles. The van der Waals surface area contributed by atoms with Crippen LogP contribution in [0, 0.1) is 23.7 Å². The highest BCUT2D eigenvalue weighted by Gasteiger charge is 2.47. The quantitative estimate of drug-likeness (QED) is 0.686. The molecule has 2 aliphatic carbocycles. The molecule has 1 N–H and O–H groups in total. The fourth-order valence-corrected chi connectivity index (χ4v) is 2.75. The highest BCUT2D eigenvalue weighted by atomic mass is 16.3. The van der Waals surface area contributed by atoms with Gasteiger partial charge in [0.05, 0.1) is 6.10 Å². The fourth-order valence-electron chi connectivity index (χ4n) is 2.75. The summed E-state index contributed by atoms with van der Waals surface area (Å²) in [5, 5.41) is 9.86. The molecule has 0 spiro atoms. The van der Waals surface area contributed by atoms with Crippen molar-refractivity contribution in [3.63, 3.8) is 0 Å². The molecule has 2 aliphatic rings. The van der Waals surface area contributed by atoms with Crippen LogP contribution in [-0.4, -0.2) is 11.2 Å². The standard InChI is InChI=1S/C11H20O/c1-7(2)3-11(12)10-5-8-4-9(8)6-10/h7-12H,3-6H2,1-2H3. The SMILES string of the molecule is CC(C)CC(O)C1CC2CC2C1. The third-order valence-electron chi connectivity index (χ3n) is 3.54. The summed E-state index contributed by atoms with van der Waals surface area (Å²) < 4.78 is 0. The van der Waals surface area contributed by atoms with Crippen molar-refractivity contribution in [1.82, 2.24) is 0 Å². The molecule has 3 unspecified atom stereocenters. The largest absolute Gasteiger partial charge is 0.393 e. The summed E-state index contributed by atoms with van der Waals surface area (Å²) in [5.74, 6) is 3.32. The zero-order valence-electron chi connectivity index (χ0n) is 8.16. The van der Waals surface area contributed by atoms with Gasteiger partial charge in [0.25, 0.3) is 0 Å². The Morgan fingerprint density at radius 2 is 1.75 bits per heavy atom. The number of aliphatic hydroxyl groups is 1. The number of aliphatic hydroxyl groups excluding tert-OH is 1. The molecule has 70 valence electrons. The summed E-state index contributed by atoms with van der Waals surface area (Å²) in [6.45, 7) is 4.39. The Morgan fingerprint density at radius 1 is 1.17 bits per heavy atom. The van der Waals surface area contributed by atoms with Crippen LogP contribution in [0.3, 0.4) is 0 Å². The third-order valence-corrected chi connectivity index (χ3v) is 3.54. The van der Waals surface area contributed by atoms with Crippen LogP contribution in [0.15, 0.2) is 0 Å². The molecule has 2 saturated carbocycles. The van der Waals surface area contributed by atoms with Crippen LogP contribution in [0.25, 0.3) is 0 Å². The normalized spacial score (nSPS) is 41.5. The van der Waals surface area contributed by atoms with E-state index in [1.807, 2.05) is 0 Å². The van der Waals surface area contributed by atoms with Gasteiger partial charge in [0.15, 0.2) is 0 Å². The van der Waals surface area contributed by atoms with E-state index in [-0.39, 0.29) is 6.10 Å². The topological polar surface area (TPSA) is 20.2 Å². The van der Waals surface area contributed by atoms with Crippen molar-refractivity contribution < 1.29 is 5.11 Å². The molecule has 2 fully saturated rings. The summed E-state index contributed by atoms with van der Waals surface area (Å²) in [4.78, 5) is 0. The summed E-state index contributed by atoms with van der Waals surface area (Å²) in [6.07, 6.45) is 5.10. The first kappa shape index (κ1) is 8.55. The minimum absolute atomic E-state index is 0.00204. The van der Waals surface area contributed by atoms with Crippen LogP contribution >= 0.6 is 0 Å². The van der Waals surface area contributed by atoms with E-state index in [1.165, 1.54) is 19.3 Å². The average molecular weight is 168 g/mol. The van der Waals surface area contributed by atoms with Gasteiger partial charge in [0.1, 0.15) is 0 Å². The van der Waals surface area contributed by atoms with E-state index in [1.54, 1.807) is 0 Å². The first-order valence-corrected chi connectivity index (χ1v) is 5.35. The van der Waals surface area contributed by atoms with Gasteiger partial charge in [-0.25, -0.2) is 0 Å². The molecule has 0 bridgehead atoms. The minimum atomic E-state index is -0.00204. The molecule has 0 aromatic rings. The van der Waals surface area contributed by atoms with Gasteiger partial charge in [-0.3, -0.25) is 0 Å². The smallest absolute Gasteiger partial charge is 0.0571 e. The molecule has 2 rings (SSSR count). The summed E-state index contributed by atoms with van der Waals surface area (Å²) >= 11 is 0. The van der Waals surface area contributed by atoms with Gasteiger partial charge < -0.3 is 5.11 Å². The highest BCUT2D eigenvalue weighted by Crippen LogP contribution is 2.55. The van der Waals surface area contributed by atoms with Crippen LogP contribution in [0.5, 0.6) is 0 Å². The van der Waals surface area contributed by atoms with Crippen LogP contribution < -0.4 is 0 Å². The Hall–Kier alpha value is -0.0400. The van der Waals surface area contributed by atoms with E-state index in [2.05, 4.69) is 13.8 Å². The summed E-state index contributed by atoms with van der Waals surface area (Å²) in [7, 11) is 0. The second-order valence-corrected chi connectivity index (χ2v) is 5.18. The first-order valence-electron chi connectivity index (χ1n) is 5.35. The molecular formula is C11H20O. The Morgan fingerprint density at radius 3 is 2.25 bits per heavy atom. The van der Waals surface area contributed by atoms with Gasteiger partial charge in [0, 0.05) is 0 Å². The van der Waals surface area contributed by atoms with Crippen LogP contribution in [0.1, 0.15) is 39.5 Å². The van der Waals surface area contributed by atoms with Crippen molar-refractivity contribution >= 4 is 0 Å². The Bertz CT molecular complexity index is 154. The molecule has 0 radical (unpaired) electrons. The first-order chi connectivity index (χ1) is 5.66. The zero-order valence-corrected chi connectivity index (χ0v) is 8.16. The van der Waals surface area contributed by atoms with Crippen LogP contribution in [0.4, 0.5) is 0 Å². The molecule has 12 heavy (non-hydrogen) atoms. The maximum Gasteiger partial charge on any atom is 0.0571 e. The minimum Gasteiger partial charge on any atom is -0.393 e. The van der Waals surface area contributed by atoms with Gasteiger partial charge in [0.2, 0.25) is 0 Å². The Kier molecular flexibility index (Phi) is 2.16. The molecule has 0 aliphatic heterocycles. The number of hydrogen-bond donors (Lipinski definition) is 1. The molecule has 1 heteroatoms. The van der Waals surface area contributed by atoms with Crippen LogP contribution in [0.2, 0.25) is 0 Å². The Labute approximate surface area is 75.2 Å². The van der Waals surface area contributed by atoms with E-state index in [0.717, 1.165) is 18.3 Å². The van der Waals surface area contributed by atoms with Crippen molar-refractivity contribution in [3.8, 4) is 0 Å². The third kappa shape index (κ3) is 1.66. The highest BCUT2D eigenvalue weighted by molar-refractivity contribution is 4.97. The lowest BCUT2D eigenvalue weighted by Crippen LogP contribution is -2.20. The second kappa shape index (κ2) is 3.02. The lowest BCUT2D eigenvalue weighted by Gasteiger charge is -2.20. The molecule has 0 heterocycles. The van der Waals surface area contributed by atoms with Crippen molar-refractivity contribution in [1.29, 1.82) is 0 Å². The van der Waals surface area contributed by atoms with Crippen LogP contribution in [-0.2, 0) is 0 Å². The van der Waals surface area contributed by atoms with Gasteiger partial charge in [-0.1, -0.05) is 13.8 Å². The fraction of sp³-hybridized carbons (Fsp3) is 1.00. The van der Waals surface area contributed by atoms with E-state index < -0.39 is 0 Å². The van der Waals surface area contributed by atoms with E-state index in [4.69, 9.17) is 0 Å². The lowest BCUT2D eigenvalue weighted by molar-refractivity contribution is 0.0832. The maximum atomic E-state index is 9.86. The van der Waals surface area contributed by atoms with Gasteiger partial charge >= 0.3 is 0 Å². The van der Waals surface area contributed by atoms with Crippen molar-refractivity contribution in [2.24, 2.45) is 23.7 Å². The molecule has 0 amide bonds. The number of fused-ring (bicyclic) bond motifs is 1. The Balaban J connectivity index is 1.77. The van der Waals surface area contributed by atoms with Gasteiger partial charge in [-0.05, 0) is 49.4 Å². The molecular weight excluding hydrogens is 148 g/mol. The predicted octanol–water partition coefficient (Wildman–Crippen LogP) is 2.44. The van der Waals surface area contributed by atoms with Crippen molar-refractivity contribution in [3.05, 3.63) is 0 Å². The number of rotatable bonds is 3. The van der Waals surface area contributed by atoms with Crippen molar-refractivity contribution in [2.75, 3.05) is 0 Å². The average Bonchev–Trinajstić information content (AvgIpc) is 2.57. The monoisotopic (exact) mass is 168 g/mol. The second-order valence-electron chi connectivity index (χ2n) is 5.18. The molecule has 1 nitrogen and oxygen atoms in total. The van der Waals surface area contributed by atoms with E-state index in [0.29, 0.717) is 11.8 Å². The van der Waals surface area contributed by atoms with E-state index >= 15 is 0 Å². The van der Waals surface area contributed by atoms with E-state index in [9.17, 15) is 5.11 Å². The molecule has 0 aromatic carbocycles. The molecule has 0 aromatic heterocycles. The van der Waals surface area contributed by atoms with Gasteiger partial charge in [-0.15, -0.1) is 0 Å². The van der Waals surface area contributed by atoms with Crippen molar-refractivity contribution in [2.45, 2.75) is 45.6 Å². The van der Waals surface area contributed by atoms with Gasteiger partial charge in [-0.2, -0.15) is 0 Å². The predicted molar refractivity (Wildman–Crippen MR) is 49.8 cm³/mol. The lowest BCUT2D eigenvalue weighted by atomic mass is 9.91. The zero-order chi connectivity index (χ0) is 8.72. The summed E-state index contributed by atoms with van der Waals surface area (Å²) in [6, 6.07) is 0. The maximum absolute atomic E-state index is 9.86. The summed E-state index contributed by atoms with van der Waals surface area (Å²) in [5.41, 5.74) is 0. The molecule has 3 atom stereocenters. The number of hydrogen-bond acceptors (Lipinski definition) is 1.